The van der Waals surface area contributed by atoms with Crippen molar-refractivity contribution in [3.05, 3.63) is 28.8 Å². The van der Waals surface area contributed by atoms with E-state index in [1.165, 1.54) is 6.42 Å². The van der Waals surface area contributed by atoms with Gasteiger partial charge in [0.1, 0.15) is 0 Å². The highest BCUT2D eigenvalue weighted by Crippen LogP contribution is 2.50. The van der Waals surface area contributed by atoms with E-state index in [0.717, 1.165) is 17.8 Å². The van der Waals surface area contributed by atoms with Gasteiger partial charge in [0.25, 0.3) is 0 Å². The summed E-state index contributed by atoms with van der Waals surface area (Å²) >= 11 is 5.92. The van der Waals surface area contributed by atoms with Crippen LogP contribution in [-0.4, -0.2) is 19.0 Å². The number of hydrogen-bond acceptors (Lipinski definition) is 2. The molecular weight excluding hydrogens is 260 g/mol. The zero-order chi connectivity index (χ0) is 14.0. The van der Waals surface area contributed by atoms with Crippen LogP contribution in [0, 0.1) is 18.3 Å². The van der Waals surface area contributed by atoms with Crippen molar-refractivity contribution in [2.24, 2.45) is 11.3 Å². The van der Waals surface area contributed by atoms with Crippen molar-refractivity contribution in [2.45, 2.75) is 27.2 Å². The zero-order valence-electron chi connectivity index (χ0n) is 11.7. The molecule has 104 valence electrons. The van der Waals surface area contributed by atoms with Crippen LogP contribution < -0.4 is 10.6 Å². The quantitative estimate of drug-likeness (QED) is 0.869. The molecule has 3 nitrogen and oxygen atoms in total. The summed E-state index contributed by atoms with van der Waals surface area (Å²) in [4.78, 5) is 11.8. The van der Waals surface area contributed by atoms with Gasteiger partial charge in [0.05, 0.1) is 6.54 Å². The molecule has 1 aliphatic carbocycles. The number of carbonyl (C=O) groups is 1. The predicted molar refractivity (Wildman–Crippen MR) is 79.6 cm³/mol. The van der Waals surface area contributed by atoms with E-state index in [2.05, 4.69) is 24.5 Å². The lowest BCUT2D eigenvalue weighted by Crippen LogP contribution is -2.30. The van der Waals surface area contributed by atoms with E-state index < -0.39 is 0 Å². The normalized spacial score (nSPS) is 20.1. The number of hydrogen-bond donors (Lipinski definition) is 2. The summed E-state index contributed by atoms with van der Waals surface area (Å²) in [6.45, 7) is 7.73. The molecule has 1 saturated carbocycles. The Balaban J connectivity index is 1.76. The highest BCUT2D eigenvalue weighted by atomic mass is 35.5. The van der Waals surface area contributed by atoms with Gasteiger partial charge in [-0.2, -0.15) is 0 Å². The maximum absolute atomic E-state index is 11.8. The van der Waals surface area contributed by atoms with Gasteiger partial charge in [-0.3, -0.25) is 4.79 Å². The average molecular weight is 281 g/mol. The fraction of sp³-hybridized carbons (Fsp3) is 0.533. The smallest absolute Gasteiger partial charge is 0.238 e. The Kier molecular flexibility index (Phi) is 4.16. The van der Waals surface area contributed by atoms with E-state index in [1.807, 2.05) is 19.1 Å². The van der Waals surface area contributed by atoms with Gasteiger partial charge in [0.2, 0.25) is 5.91 Å². The lowest BCUT2D eigenvalue weighted by atomic mass is 10.1. The number of carbonyl (C=O) groups excluding carboxylic acids is 1. The first-order valence-electron chi connectivity index (χ1n) is 6.65. The molecule has 1 atom stereocenters. The second-order valence-corrected chi connectivity index (χ2v) is 6.46. The third-order valence-electron chi connectivity index (χ3n) is 3.87. The molecule has 1 aliphatic rings. The van der Waals surface area contributed by atoms with Gasteiger partial charge in [-0.1, -0.05) is 31.5 Å². The Morgan fingerprint density at radius 2 is 2.16 bits per heavy atom. The summed E-state index contributed by atoms with van der Waals surface area (Å²) in [5.41, 5.74) is 2.25. The van der Waals surface area contributed by atoms with Crippen LogP contribution in [0.1, 0.15) is 25.8 Å². The standard InChI is InChI=1S/C15H21ClN2O/c1-10-4-5-12(16)6-13(10)18-14(19)9-17-8-11-7-15(11,2)3/h4-6,11,17H,7-9H2,1-3H3,(H,18,19). The molecule has 2 N–H and O–H groups in total. The van der Waals surface area contributed by atoms with Crippen molar-refractivity contribution in [2.75, 3.05) is 18.4 Å². The maximum atomic E-state index is 11.8. The molecule has 0 spiro atoms. The van der Waals surface area contributed by atoms with Crippen LogP contribution in [0.25, 0.3) is 0 Å². The monoisotopic (exact) mass is 280 g/mol. The molecule has 1 unspecified atom stereocenters. The van der Waals surface area contributed by atoms with Crippen LogP contribution in [-0.2, 0) is 4.79 Å². The van der Waals surface area contributed by atoms with Gasteiger partial charge < -0.3 is 10.6 Å². The fourth-order valence-corrected chi connectivity index (χ4v) is 2.38. The predicted octanol–water partition coefficient (Wildman–Crippen LogP) is 3.22. The minimum atomic E-state index is -0.0242. The number of aryl methyl sites for hydroxylation is 1. The second kappa shape index (κ2) is 5.51. The molecule has 0 radical (unpaired) electrons. The maximum Gasteiger partial charge on any atom is 0.238 e. The highest BCUT2D eigenvalue weighted by Gasteiger charge is 2.44. The Hall–Kier alpha value is -1.06. The lowest BCUT2D eigenvalue weighted by molar-refractivity contribution is -0.115. The minimum Gasteiger partial charge on any atom is -0.325 e. The third-order valence-corrected chi connectivity index (χ3v) is 4.10. The number of halogens is 1. The highest BCUT2D eigenvalue weighted by molar-refractivity contribution is 6.31. The topological polar surface area (TPSA) is 41.1 Å². The van der Waals surface area contributed by atoms with Crippen molar-refractivity contribution in [3.8, 4) is 0 Å². The summed E-state index contributed by atoms with van der Waals surface area (Å²) in [5, 5.41) is 6.72. The first-order chi connectivity index (χ1) is 8.88. The summed E-state index contributed by atoms with van der Waals surface area (Å²) in [6.07, 6.45) is 1.25. The van der Waals surface area contributed by atoms with Crippen molar-refractivity contribution in [3.63, 3.8) is 0 Å². The fourth-order valence-electron chi connectivity index (χ4n) is 2.21. The van der Waals surface area contributed by atoms with Gasteiger partial charge in [-0.15, -0.1) is 0 Å². The molecule has 0 heterocycles. The Morgan fingerprint density at radius 3 is 2.79 bits per heavy atom. The molecule has 0 bridgehead atoms. The molecule has 0 aromatic heterocycles. The van der Waals surface area contributed by atoms with Crippen LogP contribution in [0.4, 0.5) is 5.69 Å². The van der Waals surface area contributed by atoms with Crippen LogP contribution in [0.5, 0.6) is 0 Å². The number of nitrogens with one attached hydrogen (secondary N) is 2. The van der Waals surface area contributed by atoms with E-state index >= 15 is 0 Å². The number of benzene rings is 1. The summed E-state index contributed by atoms with van der Waals surface area (Å²) in [5.74, 6) is 0.678. The van der Waals surface area contributed by atoms with Crippen molar-refractivity contribution in [1.29, 1.82) is 0 Å². The Morgan fingerprint density at radius 1 is 1.47 bits per heavy atom. The van der Waals surface area contributed by atoms with Crippen LogP contribution in [0.3, 0.4) is 0 Å². The van der Waals surface area contributed by atoms with Crippen molar-refractivity contribution < 1.29 is 4.79 Å². The van der Waals surface area contributed by atoms with E-state index in [-0.39, 0.29) is 5.91 Å². The average Bonchev–Trinajstić information content (AvgIpc) is 2.92. The molecule has 1 aromatic carbocycles. The summed E-state index contributed by atoms with van der Waals surface area (Å²) < 4.78 is 0. The number of rotatable bonds is 5. The summed E-state index contributed by atoms with van der Waals surface area (Å²) in [7, 11) is 0. The first-order valence-corrected chi connectivity index (χ1v) is 7.03. The second-order valence-electron chi connectivity index (χ2n) is 6.03. The van der Waals surface area contributed by atoms with E-state index in [9.17, 15) is 4.79 Å². The van der Waals surface area contributed by atoms with Crippen LogP contribution in [0.15, 0.2) is 18.2 Å². The first kappa shape index (κ1) is 14.4. The molecule has 0 aliphatic heterocycles. The van der Waals surface area contributed by atoms with Gasteiger partial charge >= 0.3 is 0 Å². The van der Waals surface area contributed by atoms with E-state index in [1.54, 1.807) is 6.07 Å². The SMILES string of the molecule is Cc1ccc(Cl)cc1NC(=O)CNCC1CC1(C)C. The minimum absolute atomic E-state index is 0.0242. The van der Waals surface area contributed by atoms with E-state index in [4.69, 9.17) is 11.6 Å². The van der Waals surface area contributed by atoms with Gasteiger partial charge in [0.15, 0.2) is 0 Å². The molecule has 0 saturated heterocycles. The zero-order valence-corrected chi connectivity index (χ0v) is 12.5. The third kappa shape index (κ3) is 3.95. The van der Waals surface area contributed by atoms with Gasteiger partial charge in [0, 0.05) is 10.7 Å². The molecule has 1 amide bonds. The molecule has 1 fully saturated rings. The molecule has 4 heteroatoms. The Bertz CT molecular complexity index is 485. The van der Waals surface area contributed by atoms with Crippen LogP contribution in [0.2, 0.25) is 5.02 Å². The largest absolute Gasteiger partial charge is 0.325 e. The van der Waals surface area contributed by atoms with Crippen LogP contribution >= 0.6 is 11.6 Å². The van der Waals surface area contributed by atoms with Crippen molar-refractivity contribution in [1.82, 2.24) is 5.32 Å². The molecular formula is C15H21ClN2O. The van der Waals surface area contributed by atoms with Gasteiger partial charge in [-0.25, -0.2) is 0 Å². The van der Waals surface area contributed by atoms with E-state index in [0.29, 0.717) is 22.9 Å². The van der Waals surface area contributed by atoms with Crippen molar-refractivity contribution >= 4 is 23.2 Å². The summed E-state index contributed by atoms with van der Waals surface area (Å²) in [6, 6.07) is 5.50. The number of anilines is 1. The van der Waals surface area contributed by atoms with Gasteiger partial charge in [-0.05, 0) is 48.9 Å². The lowest BCUT2D eigenvalue weighted by Gasteiger charge is -2.10. The molecule has 1 aromatic rings. The Labute approximate surface area is 119 Å². The molecule has 2 rings (SSSR count). The molecule has 19 heavy (non-hydrogen) atoms. The number of amides is 1.